The van der Waals surface area contributed by atoms with E-state index in [4.69, 9.17) is 0 Å². The van der Waals surface area contributed by atoms with Crippen molar-refractivity contribution >= 4 is 33.1 Å². The van der Waals surface area contributed by atoms with Gasteiger partial charge in [0.25, 0.3) is 11.6 Å². The Labute approximate surface area is 136 Å². The molecule has 0 aliphatic rings. The average Bonchev–Trinajstić information content (AvgIpc) is 2.96. The summed E-state index contributed by atoms with van der Waals surface area (Å²) in [6, 6.07) is 13.7. The van der Waals surface area contributed by atoms with Gasteiger partial charge in [0, 0.05) is 13.1 Å². The van der Waals surface area contributed by atoms with Gasteiger partial charge in [-0.15, -0.1) is 11.3 Å². The number of carbonyl (C=O) groups is 1. The predicted octanol–water partition coefficient (Wildman–Crippen LogP) is 3.48. The van der Waals surface area contributed by atoms with Crippen molar-refractivity contribution in [1.82, 2.24) is 9.88 Å². The van der Waals surface area contributed by atoms with Gasteiger partial charge >= 0.3 is 0 Å². The molecular weight excluding hydrogens is 314 g/mol. The van der Waals surface area contributed by atoms with E-state index in [-0.39, 0.29) is 11.3 Å². The van der Waals surface area contributed by atoms with E-state index < -0.39 is 10.8 Å². The fourth-order valence-electron chi connectivity index (χ4n) is 2.28. The molecule has 6 nitrogen and oxygen atoms in total. The molecule has 1 amide bonds. The van der Waals surface area contributed by atoms with E-state index >= 15 is 0 Å². The Morgan fingerprint density at radius 1 is 1.22 bits per heavy atom. The molecule has 7 heteroatoms. The maximum atomic E-state index is 12.5. The summed E-state index contributed by atoms with van der Waals surface area (Å²) in [4.78, 5) is 28.9. The Morgan fingerprint density at radius 3 is 2.65 bits per heavy atom. The lowest BCUT2D eigenvalue weighted by Gasteiger charge is -2.15. The minimum atomic E-state index is -0.543. The van der Waals surface area contributed by atoms with Crippen LogP contribution in [0, 0.1) is 10.1 Å². The maximum Gasteiger partial charge on any atom is 0.282 e. The highest BCUT2D eigenvalue weighted by molar-refractivity contribution is 7.18. The van der Waals surface area contributed by atoms with Crippen molar-refractivity contribution in [3.63, 3.8) is 0 Å². The zero-order valence-corrected chi connectivity index (χ0v) is 13.1. The number of hydrogen-bond donors (Lipinski definition) is 0. The number of nitro groups is 1. The first kappa shape index (κ1) is 15.1. The number of carbonyl (C=O) groups excluding carboxylic acids is 1. The third-order valence-electron chi connectivity index (χ3n) is 3.39. The molecule has 0 bridgehead atoms. The zero-order valence-electron chi connectivity index (χ0n) is 12.3. The number of para-hydroxylation sites is 2. The molecule has 0 radical (unpaired) electrons. The molecule has 23 heavy (non-hydrogen) atoms. The summed E-state index contributed by atoms with van der Waals surface area (Å²) in [7, 11) is 1.62. The summed E-state index contributed by atoms with van der Waals surface area (Å²) >= 11 is 1.51. The van der Waals surface area contributed by atoms with Gasteiger partial charge in [0.15, 0.2) is 0 Å². The lowest BCUT2D eigenvalue weighted by atomic mass is 10.1. The van der Waals surface area contributed by atoms with Crippen molar-refractivity contribution in [2.75, 3.05) is 7.05 Å². The fraction of sp³-hybridized carbons (Fsp3) is 0.125. The van der Waals surface area contributed by atoms with Crippen LogP contribution in [0.15, 0.2) is 48.5 Å². The minimum absolute atomic E-state index is 0.0844. The minimum Gasteiger partial charge on any atom is -0.335 e. The molecule has 0 unspecified atom stereocenters. The lowest BCUT2D eigenvalue weighted by molar-refractivity contribution is -0.385. The standard InChI is InChI=1S/C16H13N3O3S/c1-18(10-15-17-12-7-3-5-9-14(12)23-15)16(20)11-6-2-4-8-13(11)19(21)22/h2-9H,10H2,1H3. The first-order valence-electron chi connectivity index (χ1n) is 6.89. The van der Waals surface area contributed by atoms with E-state index in [1.807, 2.05) is 24.3 Å². The first-order valence-corrected chi connectivity index (χ1v) is 7.71. The molecule has 0 fully saturated rings. The smallest absolute Gasteiger partial charge is 0.282 e. The molecule has 116 valence electrons. The SMILES string of the molecule is CN(Cc1nc2ccccc2s1)C(=O)c1ccccc1[N+](=O)[O-]. The van der Waals surface area contributed by atoms with Gasteiger partial charge < -0.3 is 4.90 Å². The van der Waals surface area contributed by atoms with Crippen LogP contribution in [0.3, 0.4) is 0 Å². The number of nitro benzene ring substituents is 1. The van der Waals surface area contributed by atoms with Gasteiger partial charge in [-0.25, -0.2) is 4.98 Å². The summed E-state index contributed by atoms with van der Waals surface area (Å²) in [5, 5.41) is 11.8. The van der Waals surface area contributed by atoms with Crippen LogP contribution >= 0.6 is 11.3 Å². The Balaban J connectivity index is 1.84. The molecule has 0 aliphatic heterocycles. The van der Waals surface area contributed by atoms with Gasteiger partial charge in [0.05, 0.1) is 21.7 Å². The summed E-state index contributed by atoms with van der Waals surface area (Å²) in [6.45, 7) is 0.310. The quantitative estimate of drug-likeness (QED) is 0.543. The van der Waals surface area contributed by atoms with Crippen molar-refractivity contribution < 1.29 is 9.72 Å². The van der Waals surface area contributed by atoms with E-state index in [0.717, 1.165) is 15.2 Å². The van der Waals surface area contributed by atoms with Gasteiger partial charge in [0.2, 0.25) is 0 Å². The van der Waals surface area contributed by atoms with Crippen LogP contribution < -0.4 is 0 Å². The number of fused-ring (bicyclic) bond motifs is 1. The fourth-order valence-corrected chi connectivity index (χ4v) is 3.30. The van der Waals surface area contributed by atoms with Gasteiger partial charge in [-0.3, -0.25) is 14.9 Å². The van der Waals surface area contributed by atoms with Gasteiger partial charge in [-0.05, 0) is 18.2 Å². The van der Waals surface area contributed by atoms with Gasteiger partial charge in [-0.1, -0.05) is 24.3 Å². The van der Waals surface area contributed by atoms with Crippen molar-refractivity contribution in [1.29, 1.82) is 0 Å². The Kier molecular flexibility index (Phi) is 4.03. The Morgan fingerprint density at radius 2 is 1.91 bits per heavy atom. The number of benzene rings is 2. The predicted molar refractivity (Wildman–Crippen MR) is 88.5 cm³/mol. The molecule has 0 spiro atoms. The number of amides is 1. The molecule has 3 aromatic rings. The molecule has 0 saturated carbocycles. The molecule has 0 saturated heterocycles. The largest absolute Gasteiger partial charge is 0.335 e. The zero-order chi connectivity index (χ0) is 16.4. The third-order valence-corrected chi connectivity index (χ3v) is 4.41. The second-order valence-corrected chi connectivity index (χ2v) is 6.13. The highest BCUT2D eigenvalue weighted by Crippen LogP contribution is 2.24. The number of nitrogens with zero attached hydrogens (tertiary/aromatic N) is 3. The van der Waals surface area contributed by atoms with Gasteiger partial charge in [-0.2, -0.15) is 0 Å². The average molecular weight is 327 g/mol. The summed E-state index contributed by atoms with van der Waals surface area (Å²) in [5.74, 6) is -0.392. The molecule has 0 N–H and O–H groups in total. The number of hydrogen-bond acceptors (Lipinski definition) is 5. The normalized spacial score (nSPS) is 10.7. The highest BCUT2D eigenvalue weighted by atomic mass is 32.1. The highest BCUT2D eigenvalue weighted by Gasteiger charge is 2.22. The maximum absolute atomic E-state index is 12.5. The van der Waals surface area contributed by atoms with Crippen LogP contribution in [-0.2, 0) is 6.54 Å². The Bertz CT molecular complexity index is 858. The van der Waals surface area contributed by atoms with Crippen LogP contribution in [0.25, 0.3) is 10.2 Å². The van der Waals surface area contributed by atoms with Crippen molar-refractivity contribution in [3.8, 4) is 0 Å². The molecule has 1 heterocycles. The van der Waals surface area contributed by atoms with Crippen molar-refractivity contribution in [2.45, 2.75) is 6.54 Å². The summed E-state index contributed by atoms with van der Waals surface area (Å²) in [5.41, 5.74) is 0.786. The molecule has 3 rings (SSSR count). The topological polar surface area (TPSA) is 76.3 Å². The van der Waals surface area contributed by atoms with E-state index in [1.54, 1.807) is 19.2 Å². The molecule has 2 aromatic carbocycles. The third kappa shape index (κ3) is 3.04. The van der Waals surface area contributed by atoms with Crippen LogP contribution in [0.1, 0.15) is 15.4 Å². The molecular formula is C16H13N3O3S. The molecule has 1 aromatic heterocycles. The monoisotopic (exact) mass is 327 g/mol. The Hall–Kier alpha value is -2.80. The number of aromatic nitrogens is 1. The van der Waals surface area contributed by atoms with Crippen molar-refractivity contribution in [3.05, 3.63) is 69.2 Å². The van der Waals surface area contributed by atoms with Crippen LogP contribution in [0.4, 0.5) is 5.69 Å². The van der Waals surface area contributed by atoms with E-state index in [0.29, 0.717) is 6.54 Å². The number of thiazole rings is 1. The molecule has 0 aliphatic carbocycles. The van der Waals surface area contributed by atoms with Crippen LogP contribution in [0.5, 0.6) is 0 Å². The van der Waals surface area contributed by atoms with Crippen LogP contribution in [0.2, 0.25) is 0 Å². The first-order chi connectivity index (χ1) is 11.1. The lowest BCUT2D eigenvalue weighted by Crippen LogP contribution is -2.26. The van der Waals surface area contributed by atoms with Gasteiger partial charge in [0.1, 0.15) is 10.6 Å². The van der Waals surface area contributed by atoms with Crippen molar-refractivity contribution in [2.24, 2.45) is 0 Å². The van der Waals surface area contributed by atoms with Crippen LogP contribution in [-0.4, -0.2) is 27.8 Å². The number of rotatable bonds is 4. The molecule has 0 atom stereocenters. The second kappa shape index (κ2) is 6.13. The summed E-state index contributed by atoms with van der Waals surface area (Å²) < 4.78 is 1.05. The van der Waals surface area contributed by atoms with E-state index in [9.17, 15) is 14.9 Å². The van der Waals surface area contributed by atoms with E-state index in [2.05, 4.69) is 4.98 Å². The van der Waals surface area contributed by atoms with E-state index in [1.165, 1.54) is 28.4 Å². The second-order valence-electron chi connectivity index (χ2n) is 5.01. The summed E-state index contributed by atoms with van der Waals surface area (Å²) in [6.07, 6.45) is 0.